The molecule has 0 amide bonds. The van der Waals surface area contributed by atoms with Crippen molar-refractivity contribution in [2.45, 2.75) is 57.8 Å². The van der Waals surface area contributed by atoms with Gasteiger partial charge in [-0.3, -0.25) is 19.2 Å². The number of nitrogen functional groups attached to an aromatic ring is 1. The first kappa shape index (κ1) is 36.1. The highest BCUT2D eigenvalue weighted by Gasteiger charge is 2.43. The van der Waals surface area contributed by atoms with E-state index >= 15 is 0 Å². The number of phosphoric acid groups is 3. The van der Waals surface area contributed by atoms with Gasteiger partial charge in [-0.2, -0.15) is 13.6 Å². The van der Waals surface area contributed by atoms with Gasteiger partial charge in [-0.25, -0.2) is 18.5 Å². The molecule has 246 valence electrons. The summed E-state index contributed by atoms with van der Waals surface area (Å²) in [6.07, 6.45) is -3.34. The minimum Gasteiger partial charge on any atom is -0.390 e. The zero-order valence-corrected chi connectivity index (χ0v) is 25.8. The lowest BCUT2D eigenvalue weighted by atomic mass is 9.98. The molecular formula is C21H31N4O16P3. The van der Waals surface area contributed by atoms with Crippen molar-refractivity contribution in [1.29, 1.82) is 0 Å². The van der Waals surface area contributed by atoms with Crippen LogP contribution in [0.5, 0.6) is 0 Å². The van der Waals surface area contributed by atoms with Gasteiger partial charge in [0.25, 0.3) is 5.69 Å². The lowest BCUT2D eigenvalue weighted by Gasteiger charge is -2.22. The molecule has 3 rings (SSSR count). The van der Waals surface area contributed by atoms with Gasteiger partial charge in [0.05, 0.1) is 35.9 Å². The second-order valence-corrected chi connectivity index (χ2v) is 14.3. The average Bonchev–Trinajstić information content (AvgIpc) is 3.23. The summed E-state index contributed by atoms with van der Waals surface area (Å²) in [6, 6.07) is 6.09. The predicted octanol–water partition coefficient (Wildman–Crippen LogP) is 2.03. The molecule has 1 aliphatic rings. The number of nitro benzene ring substituents is 1. The van der Waals surface area contributed by atoms with E-state index in [1.807, 2.05) is 13.8 Å². The third-order valence-corrected chi connectivity index (χ3v) is 9.80. The first-order valence-corrected chi connectivity index (χ1v) is 17.1. The maximum Gasteiger partial charge on any atom is 0.490 e. The van der Waals surface area contributed by atoms with Crippen molar-refractivity contribution >= 4 is 35.0 Å². The van der Waals surface area contributed by atoms with Crippen LogP contribution >= 0.6 is 23.5 Å². The molecule has 0 spiro atoms. The van der Waals surface area contributed by atoms with Gasteiger partial charge in [-0.05, 0) is 18.4 Å². The Bertz CT molecular complexity index is 1550. The van der Waals surface area contributed by atoms with Gasteiger partial charge < -0.3 is 39.9 Å². The van der Waals surface area contributed by atoms with Crippen LogP contribution in [0.2, 0.25) is 0 Å². The first-order valence-electron chi connectivity index (χ1n) is 12.6. The zero-order valence-electron chi connectivity index (χ0n) is 23.1. The van der Waals surface area contributed by atoms with Crippen LogP contribution in [0.1, 0.15) is 50.1 Å². The Morgan fingerprint density at radius 2 is 1.82 bits per heavy atom. The number of ether oxygens (including phenoxy) is 2. The number of para-hydroxylation sites is 1. The number of aliphatic hydroxyl groups is 1. The van der Waals surface area contributed by atoms with Gasteiger partial charge in [0.2, 0.25) is 0 Å². The molecule has 0 saturated carbocycles. The second-order valence-electron chi connectivity index (χ2n) is 9.91. The van der Waals surface area contributed by atoms with Crippen molar-refractivity contribution in [3.8, 4) is 0 Å². The van der Waals surface area contributed by atoms with Gasteiger partial charge in [0.1, 0.15) is 18.1 Å². The van der Waals surface area contributed by atoms with Crippen LogP contribution in [0.3, 0.4) is 0 Å². The molecule has 20 nitrogen and oxygen atoms in total. The van der Waals surface area contributed by atoms with Crippen LogP contribution in [0.25, 0.3) is 0 Å². The lowest BCUT2D eigenvalue weighted by molar-refractivity contribution is -0.386. The molecular weight excluding hydrogens is 657 g/mol. The molecule has 1 saturated heterocycles. The van der Waals surface area contributed by atoms with E-state index in [-0.39, 0.29) is 36.0 Å². The van der Waals surface area contributed by atoms with E-state index in [1.54, 1.807) is 12.1 Å². The molecule has 1 aromatic heterocycles. The van der Waals surface area contributed by atoms with E-state index in [0.29, 0.717) is 12.0 Å². The van der Waals surface area contributed by atoms with E-state index in [2.05, 4.69) is 18.1 Å². The van der Waals surface area contributed by atoms with Gasteiger partial charge in [0.15, 0.2) is 0 Å². The molecule has 0 bridgehead atoms. The Morgan fingerprint density at radius 3 is 2.43 bits per heavy atom. The number of benzene rings is 1. The minimum atomic E-state index is -5.75. The summed E-state index contributed by atoms with van der Waals surface area (Å²) in [6.45, 7) is 2.64. The number of nitrogens with two attached hydrogens (primary N) is 1. The molecule has 2 aromatic rings. The highest BCUT2D eigenvalue weighted by molar-refractivity contribution is 7.66. The molecule has 23 heteroatoms. The van der Waals surface area contributed by atoms with E-state index in [0.717, 1.165) is 4.57 Å². The number of nitrogens with zero attached hydrogens (tertiary/aromatic N) is 3. The van der Waals surface area contributed by atoms with Crippen LogP contribution in [-0.2, 0) is 42.9 Å². The number of nitro groups is 1. The second kappa shape index (κ2) is 14.3. The maximum atomic E-state index is 12.6. The van der Waals surface area contributed by atoms with Gasteiger partial charge in [-0.1, -0.05) is 26.0 Å². The van der Waals surface area contributed by atoms with Gasteiger partial charge >= 0.3 is 29.2 Å². The molecule has 1 fully saturated rings. The van der Waals surface area contributed by atoms with E-state index < -0.39 is 65.2 Å². The van der Waals surface area contributed by atoms with Crippen molar-refractivity contribution in [3.63, 3.8) is 0 Å². The number of hydrogen-bond acceptors (Lipinski definition) is 14. The van der Waals surface area contributed by atoms with E-state index in [4.69, 9.17) is 25.0 Å². The molecule has 6 atom stereocenters. The summed E-state index contributed by atoms with van der Waals surface area (Å²) < 4.78 is 58.5. The predicted molar refractivity (Wildman–Crippen MR) is 147 cm³/mol. The first-order chi connectivity index (χ1) is 20.3. The normalized spacial score (nSPS) is 22.4. The largest absolute Gasteiger partial charge is 0.490 e. The SMILES string of the molecule is CC(C)C[C@H](OCc1cn([C@H]2C[C@@H](O)[C@@H](COP(=O)(O)OP(=O)(O)OP(=O)(O)O)O2)c(=O)nc1N)c1ccccc1[N+](=O)[O-]. The van der Waals surface area contributed by atoms with Crippen LogP contribution < -0.4 is 11.4 Å². The molecule has 1 aliphatic heterocycles. The summed E-state index contributed by atoms with van der Waals surface area (Å²) in [4.78, 5) is 63.5. The third kappa shape index (κ3) is 10.3. The monoisotopic (exact) mass is 688 g/mol. The number of phosphoric ester groups is 1. The molecule has 0 aliphatic carbocycles. The Labute approximate surface area is 248 Å². The highest BCUT2D eigenvalue weighted by Crippen LogP contribution is 2.66. The zero-order chi connectivity index (χ0) is 33.0. The van der Waals surface area contributed by atoms with Crippen molar-refractivity contribution in [2.75, 3.05) is 12.3 Å². The smallest absolute Gasteiger partial charge is 0.390 e. The molecule has 7 N–H and O–H groups in total. The maximum absolute atomic E-state index is 12.6. The molecule has 2 heterocycles. The minimum absolute atomic E-state index is 0.0827. The van der Waals surface area contributed by atoms with Crippen LogP contribution in [0.4, 0.5) is 11.5 Å². The Balaban J connectivity index is 1.73. The number of aliphatic hydroxyl groups excluding tert-OH is 1. The van der Waals surface area contributed by atoms with Crippen molar-refractivity contribution in [1.82, 2.24) is 9.55 Å². The van der Waals surface area contributed by atoms with E-state index in [1.165, 1.54) is 18.3 Å². The summed E-state index contributed by atoms with van der Waals surface area (Å²) in [5, 5.41) is 22.0. The lowest BCUT2D eigenvalue weighted by Crippen LogP contribution is -2.29. The van der Waals surface area contributed by atoms with Gasteiger partial charge in [-0.15, -0.1) is 0 Å². The highest BCUT2D eigenvalue weighted by atomic mass is 31.3. The van der Waals surface area contributed by atoms with Crippen LogP contribution in [-0.4, -0.2) is 58.0 Å². The molecule has 1 aromatic carbocycles. The summed E-state index contributed by atoms with van der Waals surface area (Å²) in [5.41, 5.74) is 5.45. The summed E-state index contributed by atoms with van der Waals surface area (Å²) in [7, 11) is -16.8. The fourth-order valence-electron chi connectivity index (χ4n) is 4.18. The number of aromatic nitrogens is 2. The molecule has 0 radical (unpaired) electrons. The fourth-order valence-corrected chi connectivity index (χ4v) is 7.21. The van der Waals surface area contributed by atoms with E-state index in [9.17, 15) is 43.5 Å². The van der Waals surface area contributed by atoms with Crippen molar-refractivity contribution < 1.29 is 65.9 Å². The van der Waals surface area contributed by atoms with Crippen LogP contribution in [0, 0.1) is 16.0 Å². The Kier molecular flexibility index (Phi) is 11.8. The summed E-state index contributed by atoms with van der Waals surface area (Å²) in [5.74, 6) is -0.112. The molecule has 2 unspecified atom stereocenters. The third-order valence-electron chi connectivity index (χ3n) is 6.00. The Morgan fingerprint density at radius 1 is 1.16 bits per heavy atom. The fraction of sp³-hybridized carbons (Fsp3) is 0.524. The Hall–Kier alpha value is -2.41. The summed E-state index contributed by atoms with van der Waals surface area (Å²) >= 11 is 0. The van der Waals surface area contributed by atoms with Gasteiger partial charge in [0, 0.05) is 24.2 Å². The van der Waals surface area contributed by atoms with Crippen molar-refractivity contribution in [2.24, 2.45) is 5.92 Å². The average molecular weight is 688 g/mol. The number of hydrogen-bond donors (Lipinski definition) is 6. The molecule has 44 heavy (non-hydrogen) atoms. The number of anilines is 1. The van der Waals surface area contributed by atoms with Crippen molar-refractivity contribution in [3.05, 3.63) is 62.2 Å². The quantitative estimate of drug-likeness (QED) is 0.0885. The topological polar surface area (TPSA) is 303 Å². The number of rotatable bonds is 15. The standard InChI is InChI=1S/C21H31N4O16P3/c1-12(2)7-17(14-5-3-4-6-15(14)25(28)29)37-10-13-9-24(21(27)23-20(13)22)19-8-16(26)18(39-19)11-38-43(33,34)41-44(35,36)40-42(30,31)32/h3-6,9,12,16-19,26H,7-8,10-11H2,1-2H3,(H,33,34)(H,35,36)(H2,22,23,27)(H2,30,31,32)/t16-,17+,18-,19-/m1/s1. The van der Waals surface area contributed by atoms with Crippen LogP contribution in [0.15, 0.2) is 35.3 Å².